The lowest BCUT2D eigenvalue weighted by molar-refractivity contribution is -0.384. The number of aromatic amines is 2. The Morgan fingerprint density at radius 1 is 0.600 bits per heavy atom. The number of nitro groups is 1. The Balaban J connectivity index is 1.56. The second-order valence-corrected chi connectivity index (χ2v) is 15.4. The molecule has 60 heavy (non-hydrogen) atoms. The van der Waals surface area contributed by atoms with Gasteiger partial charge in [-0.25, -0.2) is 9.97 Å². The van der Waals surface area contributed by atoms with Crippen molar-refractivity contribution in [2.75, 3.05) is 21.3 Å². The average Bonchev–Trinajstić information content (AvgIpc) is 4.09. The van der Waals surface area contributed by atoms with Gasteiger partial charge in [-0.05, 0) is 122 Å². The topological polar surface area (TPSA) is 128 Å². The van der Waals surface area contributed by atoms with E-state index in [2.05, 4.69) is 80.2 Å². The number of nitrogens with zero attached hydrogens (tertiary/aromatic N) is 3. The molecule has 0 saturated heterocycles. The van der Waals surface area contributed by atoms with Crippen molar-refractivity contribution in [2.24, 2.45) is 0 Å². The van der Waals surface area contributed by atoms with Gasteiger partial charge in [0.25, 0.3) is 5.69 Å². The van der Waals surface area contributed by atoms with Crippen LogP contribution in [0.5, 0.6) is 17.2 Å². The molecule has 0 aliphatic carbocycles. The van der Waals surface area contributed by atoms with Crippen LogP contribution in [0.1, 0.15) is 77.6 Å². The van der Waals surface area contributed by atoms with Crippen LogP contribution in [0.15, 0.2) is 72.8 Å². The smallest absolute Gasteiger partial charge is 0.270 e. The standard InChI is InChI=1S/C50H49N5O5/c1-8-9-10-11-15-35-36-16-18-38(51-36)47(32-13-12-14-34(26-32)55(56)57)39-20-21-40(53-39)48(33-27-44(58-5)50(60-7)45(28-33)59-6)41-22-23-43(54-41)49(42-19-17-37(35)52-42)46-30(3)24-29(2)25-31(46)4/h12-14,16-28,52-53H,8-11,15H2,1-7H3. The number of aromatic nitrogens is 4. The minimum Gasteiger partial charge on any atom is -0.493 e. The maximum absolute atomic E-state index is 12.1. The largest absolute Gasteiger partial charge is 0.493 e. The quantitative estimate of drug-likeness (QED) is 0.0715. The number of non-ortho nitro benzene ring substituents is 1. The van der Waals surface area contributed by atoms with Crippen molar-refractivity contribution in [1.29, 1.82) is 0 Å². The first-order chi connectivity index (χ1) is 29.1. The molecule has 0 amide bonds. The number of fused-ring (bicyclic) bond motifs is 8. The van der Waals surface area contributed by atoms with Crippen LogP contribution in [0.25, 0.3) is 79.8 Å². The molecule has 8 bridgehead atoms. The summed E-state index contributed by atoms with van der Waals surface area (Å²) in [5.74, 6) is 1.48. The van der Waals surface area contributed by atoms with Crippen LogP contribution in [0.3, 0.4) is 0 Å². The number of aryl methyl sites for hydroxylation is 4. The molecular formula is C50H49N5O5. The van der Waals surface area contributed by atoms with Crippen molar-refractivity contribution >= 4 is 52.1 Å². The predicted molar refractivity (Wildman–Crippen MR) is 244 cm³/mol. The highest BCUT2D eigenvalue weighted by molar-refractivity contribution is 5.99. The maximum Gasteiger partial charge on any atom is 0.270 e. The van der Waals surface area contributed by atoms with Crippen LogP contribution in [0, 0.1) is 30.9 Å². The fourth-order valence-corrected chi connectivity index (χ4v) is 8.70. The molecule has 2 aliphatic heterocycles. The summed E-state index contributed by atoms with van der Waals surface area (Å²) in [6, 6.07) is 23.4. The van der Waals surface area contributed by atoms with Gasteiger partial charge in [0.05, 0.1) is 49.0 Å². The van der Waals surface area contributed by atoms with E-state index in [1.807, 2.05) is 36.4 Å². The summed E-state index contributed by atoms with van der Waals surface area (Å²) in [5.41, 5.74) is 16.3. The number of nitro benzene ring substituents is 1. The first-order valence-corrected chi connectivity index (χ1v) is 20.4. The zero-order valence-electron chi connectivity index (χ0n) is 35.2. The highest BCUT2D eigenvalue weighted by Gasteiger charge is 2.22. The number of ether oxygens (including phenoxy) is 3. The van der Waals surface area contributed by atoms with E-state index in [9.17, 15) is 10.1 Å². The van der Waals surface area contributed by atoms with E-state index in [-0.39, 0.29) is 10.6 Å². The highest BCUT2D eigenvalue weighted by Crippen LogP contribution is 2.44. The fraction of sp³-hybridized carbons (Fsp3) is 0.240. The molecule has 0 spiro atoms. The Morgan fingerprint density at radius 3 is 1.75 bits per heavy atom. The van der Waals surface area contributed by atoms with Crippen LogP contribution < -0.4 is 14.2 Å². The zero-order valence-corrected chi connectivity index (χ0v) is 35.2. The Labute approximate surface area is 349 Å². The van der Waals surface area contributed by atoms with Crippen LogP contribution >= 0.6 is 0 Å². The molecule has 0 unspecified atom stereocenters. The summed E-state index contributed by atoms with van der Waals surface area (Å²) in [6.07, 6.45) is 13.5. The molecule has 5 heterocycles. The SMILES string of the molecule is CCCCCCc1c2nc(c(-c3cccc([N+](=O)[O-])c3)c3ccc([nH]3)c(-c3cc(OC)c(OC)c(OC)c3)c3nc(c(-c4c(C)cc(C)cc4C)c4ccc1[nH]4)C=C3)C=C2. The van der Waals surface area contributed by atoms with Gasteiger partial charge in [-0.3, -0.25) is 10.1 Å². The normalized spacial score (nSPS) is 11.9. The molecule has 0 saturated carbocycles. The summed E-state index contributed by atoms with van der Waals surface area (Å²) >= 11 is 0. The monoisotopic (exact) mass is 799 g/mol. The van der Waals surface area contributed by atoms with Crippen molar-refractivity contribution in [3.05, 3.63) is 128 Å². The van der Waals surface area contributed by atoms with E-state index in [0.717, 1.165) is 116 Å². The number of rotatable bonds is 12. The lowest BCUT2D eigenvalue weighted by Crippen LogP contribution is -1.97. The van der Waals surface area contributed by atoms with Gasteiger partial charge in [-0.2, -0.15) is 0 Å². The van der Waals surface area contributed by atoms with Gasteiger partial charge in [0.1, 0.15) is 0 Å². The molecule has 6 aromatic rings. The average molecular weight is 800 g/mol. The molecule has 0 atom stereocenters. The molecule has 10 heteroatoms. The molecule has 304 valence electrons. The molecule has 0 fully saturated rings. The molecule has 10 nitrogen and oxygen atoms in total. The second kappa shape index (κ2) is 16.7. The molecule has 3 aromatic heterocycles. The van der Waals surface area contributed by atoms with Crippen LogP contribution in [0.4, 0.5) is 5.69 Å². The summed E-state index contributed by atoms with van der Waals surface area (Å²) in [7, 11) is 4.79. The van der Waals surface area contributed by atoms with Gasteiger partial charge in [-0.1, -0.05) is 56.0 Å². The van der Waals surface area contributed by atoms with Crippen LogP contribution in [-0.4, -0.2) is 46.2 Å². The van der Waals surface area contributed by atoms with Gasteiger partial charge in [0.15, 0.2) is 11.5 Å². The van der Waals surface area contributed by atoms with Gasteiger partial charge in [0, 0.05) is 56.5 Å². The number of hydrogen-bond donors (Lipinski definition) is 2. The van der Waals surface area contributed by atoms with Gasteiger partial charge in [-0.15, -0.1) is 0 Å². The molecule has 2 N–H and O–H groups in total. The number of H-pyrrole nitrogens is 2. The lowest BCUT2D eigenvalue weighted by Gasteiger charge is -2.15. The number of methoxy groups -OCH3 is 3. The van der Waals surface area contributed by atoms with E-state index in [0.29, 0.717) is 28.5 Å². The van der Waals surface area contributed by atoms with E-state index < -0.39 is 0 Å². The minimum absolute atomic E-state index is 0.00270. The summed E-state index contributed by atoms with van der Waals surface area (Å²) < 4.78 is 17.4. The van der Waals surface area contributed by atoms with Crippen molar-refractivity contribution < 1.29 is 19.1 Å². The first kappa shape index (κ1) is 39.9. The fourth-order valence-electron chi connectivity index (χ4n) is 8.70. The summed E-state index contributed by atoms with van der Waals surface area (Å²) in [5, 5.41) is 12.1. The number of hydrogen-bond acceptors (Lipinski definition) is 7. The summed E-state index contributed by atoms with van der Waals surface area (Å²) in [6.45, 7) is 8.68. The Hall–Kier alpha value is -6.94. The third-order valence-corrected chi connectivity index (χ3v) is 11.4. The third-order valence-electron chi connectivity index (χ3n) is 11.4. The minimum atomic E-state index is -0.367. The lowest BCUT2D eigenvalue weighted by atomic mass is 9.92. The van der Waals surface area contributed by atoms with E-state index in [1.54, 1.807) is 33.5 Å². The zero-order chi connectivity index (χ0) is 42.1. The Kier molecular flexibility index (Phi) is 11.1. The third kappa shape index (κ3) is 7.45. The van der Waals surface area contributed by atoms with Crippen molar-refractivity contribution in [2.45, 2.75) is 59.8 Å². The van der Waals surface area contributed by atoms with Crippen LogP contribution in [-0.2, 0) is 6.42 Å². The number of nitrogens with one attached hydrogen (secondary N) is 2. The summed E-state index contributed by atoms with van der Waals surface area (Å²) in [4.78, 5) is 30.1. The van der Waals surface area contributed by atoms with E-state index in [1.165, 1.54) is 11.6 Å². The first-order valence-electron chi connectivity index (χ1n) is 20.4. The van der Waals surface area contributed by atoms with Crippen LogP contribution in [0.2, 0.25) is 0 Å². The molecule has 0 radical (unpaired) electrons. The Morgan fingerprint density at radius 2 is 1.15 bits per heavy atom. The molecule has 3 aromatic carbocycles. The van der Waals surface area contributed by atoms with Gasteiger partial charge in [0.2, 0.25) is 5.75 Å². The number of benzene rings is 3. The predicted octanol–water partition coefficient (Wildman–Crippen LogP) is 12.6. The van der Waals surface area contributed by atoms with Crippen molar-refractivity contribution in [3.63, 3.8) is 0 Å². The number of unbranched alkanes of at least 4 members (excludes halogenated alkanes) is 3. The van der Waals surface area contributed by atoms with E-state index in [4.69, 9.17) is 24.2 Å². The van der Waals surface area contributed by atoms with Gasteiger partial charge < -0.3 is 24.2 Å². The van der Waals surface area contributed by atoms with E-state index >= 15 is 0 Å². The second-order valence-electron chi connectivity index (χ2n) is 15.4. The molecule has 2 aliphatic rings. The molecule has 8 rings (SSSR count). The van der Waals surface area contributed by atoms with Crippen molar-refractivity contribution in [1.82, 2.24) is 19.9 Å². The Bertz CT molecular complexity index is 2850. The maximum atomic E-state index is 12.1. The van der Waals surface area contributed by atoms with Crippen molar-refractivity contribution in [3.8, 4) is 50.6 Å². The molecular weight excluding hydrogens is 751 g/mol. The highest BCUT2D eigenvalue weighted by atomic mass is 16.6. The van der Waals surface area contributed by atoms with Gasteiger partial charge >= 0.3 is 0 Å².